The second-order valence-corrected chi connectivity index (χ2v) is 8.61. The highest BCUT2D eigenvalue weighted by atomic mass is 19.4. The molecule has 0 saturated carbocycles. The quantitative estimate of drug-likeness (QED) is 0.221. The molecular weight excluding hydrogens is 520 g/mol. The number of rotatable bonds is 6. The molecule has 0 aromatic carbocycles. The Labute approximate surface area is 217 Å². The lowest BCUT2D eigenvalue weighted by atomic mass is 10.0. The Bertz CT molecular complexity index is 1780. The van der Waals surface area contributed by atoms with Crippen LogP contribution in [0.2, 0.25) is 0 Å². The van der Waals surface area contributed by atoms with Crippen LogP contribution in [-0.2, 0) is 6.54 Å². The van der Waals surface area contributed by atoms with Crippen molar-refractivity contribution in [3.8, 4) is 34.1 Å². The van der Waals surface area contributed by atoms with Crippen LogP contribution in [0, 0.1) is 12.7 Å². The van der Waals surface area contributed by atoms with Crippen LogP contribution in [0.15, 0.2) is 65.8 Å². The van der Waals surface area contributed by atoms with Crippen LogP contribution in [-0.4, -0.2) is 41.3 Å². The predicted octanol–water partition coefficient (Wildman–Crippen LogP) is 5.02. The molecule has 0 atom stereocenters. The van der Waals surface area contributed by atoms with Crippen molar-refractivity contribution in [2.75, 3.05) is 0 Å². The standard InChI is InChI=1S/C26H18F4N6O3/c1-14-3-8-22(34-33-14)39-16-4-7-21-19(11-31-36(21)12-16)20-6-5-17(15(2)37)24(32-20)18-9-10-35(13-26(28,29)30)25(38)23(18)27/h3-12H,13H2,1-2H3. The summed E-state index contributed by atoms with van der Waals surface area (Å²) in [7, 11) is 0. The van der Waals surface area contributed by atoms with Gasteiger partial charge in [0.25, 0.3) is 5.56 Å². The molecule has 0 fully saturated rings. The van der Waals surface area contributed by atoms with Crippen molar-refractivity contribution < 1.29 is 27.1 Å². The minimum Gasteiger partial charge on any atom is -0.436 e. The van der Waals surface area contributed by atoms with E-state index in [0.717, 1.165) is 18.0 Å². The van der Waals surface area contributed by atoms with Crippen LogP contribution >= 0.6 is 0 Å². The highest BCUT2D eigenvalue weighted by molar-refractivity contribution is 6.00. The zero-order valence-corrected chi connectivity index (χ0v) is 20.4. The minimum absolute atomic E-state index is 0.00279. The van der Waals surface area contributed by atoms with Gasteiger partial charge in [-0.1, -0.05) is 0 Å². The van der Waals surface area contributed by atoms with E-state index in [-0.39, 0.29) is 21.7 Å². The number of ketones is 1. The molecule has 13 heteroatoms. The largest absolute Gasteiger partial charge is 0.436 e. The molecule has 0 spiro atoms. The second-order valence-electron chi connectivity index (χ2n) is 8.61. The maximum Gasteiger partial charge on any atom is 0.406 e. The molecule has 5 aromatic rings. The van der Waals surface area contributed by atoms with Gasteiger partial charge in [0, 0.05) is 29.0 Å². The third-order valence-electron chi connectivity index (χ3n) is 5.75. The zero-order chi connectivity index (χ0) is 27.9. The van der Waals surface area contributed by atoms with Crippen LogP contribution in [0.1, 0.15) is 23.0 Å². The number of pyridine rings is 3. The van der Waals surface area contributed by atoms with E-state index >= 15 is 4.39 Å². The van der Waals surface area contributed by atoms with Crippen LogP contribution in [0.5, 0.6) is 11.6 Å². The SMILES string of the molecule is CC(=O)c1ccc(-c2cnn3cc(Oc4ccc(C)nn4)ccc23)nc1-c1ccn(CC(F)(F)F)c(=O)c1F. The Morgan fingerprint density at radius 3 is 2.51 bits per heavy atom. The van der Waals surface area contributed by atoms with Gasteiger partial charge in [-0.05, 0) is 50.2 Å². The number of alkyl halides is 3. The van der Waals surface area contributed by atoms with Crippen molar-refractivity contribution in [2.45, 2.75) is 26.6 Å². The van der Waals surface area contributed by atoms with Crippen molar-refractivity contribution in [3.05, 3.63) is 88.5 Å². The van der Waals surface area contributed by atoms with Crippen molar-refractivity contribution in [1.82, 2.24) is 29.4 Å². The van der Waals surface area contributed by atoms with Crippen LogP contribution in [0.25, 0.3) is 28.0 Å². The van der Waals surface area contributed by atoms with E-state index in [2.05, 4.69) is 20.3 Å². The fraction of sp³-hybridized carbons (Fsp3) is 0.154. The number of aromatic nitrogens is 6. The average molecular weight is 538 g/mol. The maximum atomic E-state index is 15.0. The first kappa shape index (κ1) is 25.7. The smallest absolute Gasteiger partial charge is 0.406 e. The summed E-state index contributed by atoms with van der Waals surface area (Å²) in [6.45, 7) is 1.38. The first-order chi connectivity index (χ1) is 18.5. The van der Waals surface area contributed by atoms with Gasteiger partial charge in [-0.3, -0.25) is 9.59 Å². The van der Waals surface area contributed by atoms with E-state index < -0.39 is 35.4 Å². The van der Waals surface area contributed by atoms with Crippen molar-refractivity contribution in [3.63, 3.8) is 0 Å². The lowest BCUT2D eigenvalue weighted by Gasteiger charge is -2.13. The number of Topliss-reactive ketones (excluding diaryl/α,β-unsaturated/α-hetero) is 1. The van der Waals surface area contributed by atoms with E-state index in [9.17, 15) is 22.8 Å². The van der Waals surface area contributed by atoms with Crippen molar-refractivity contribution in [2.24, 2.45) is 0 Å². The molecule has 39 heavy (non-hydrogen) atoms. The molecule has 0 aliphatic rings. The summed E-state index contributed by atoms with van der Waals surface area (Å²) in [5, 5.41) is 12.2. The molecule has 198 valence electrons. The van der Waals surface area contributed by atoms with Crippen molar-refractivity contribution >= 4 is 11.3 Å². The third-order valence-corrected chi connectivity index (χ3v) is 5.75. The van der Waals surface area contributed by atoms with Crippen LogP contribution in [0.3, 0.4) is 0 Å². The van der Waals surface area contributed by atoms with Gasteiger partial charge in [0.05, 0.1) is 35.0 Å². The van der Waals surface area contributed by atoms with Gasteiger partial charge >= 0.3 is 6.18 Å². The van der Waals surface area contributed by atoms with Gasteiger partial charge in [-0.15, -0.1) is 5.10 Å². The Kier molecular flexibility index (Phi) is 6.42. The second kappa shape index (κ2) is 9.74. The summed E-state index contributed by atoms with van der Waals surface area (Å²) in [5.41, 5.74) is 0.0842. The number of carbonyl (C=O) groups is 1. The Hall–Kier alpha value is -4.94. The summed E-state index contributed by atoms with van der Waals surface area (Å²) < 4.78 is 60.8. The highest BCUT2D eigenvalue weighted by Gasteiger charge is 2.29. The molecule has 5 aromatic heterocycles. The van der Waals surface area contributed by atoms with Gasteiger partial charge in [-0.25, -0.2) is 13.9 Å². The molecule has 0 aliphatic heterocycles. The molecule has 0 amide bonds. The molecule has 0 N–H and O–H groups in total. The number of aryl methyl sites for hydroxylation is 1. The van der Waals surface area contributed by atoms with Gasteiger partial charge in [0.1, 0.15) is 12.3 Å². The summed E-state index contributed by atoms with van der Waals surface area (Å²) in [5.74, 6) is -1.20. The summed E-state index contributed by atoms with van der Waals surface area (Å²) in [4.78, 5) is 29.0. The Balaban J connectivity index is 1.55. The Morgan fingerprint density at radius 1 is 1.03 bits per heavy atom. The number of hydrogen-bond donors (Lipinski definition) is 0. The number of ether oxygens (including phenoxy) is 1. The van der Waals surface area contributed by atoms with Gasteiger partial charge in [-0.2, -0.15) is 23.4 Å². The van der Waals surface area contributed by atoms with E-state index in [0.29, 0.717) is 22.5 Å². The molecule has 0 aliphatic carbocycles. The maximum absolute atomic E-state index is 15.0. The third kappa shape index (κ3) is 5.23. The molecule has 0 radical (unpaired) electrons. The van der Waals surface area contributed by atoms with E-state index in [1.165, 1.54) is 29.8 Å². The fourth-order valence-corrected chi connectivity index (χ4v) is 3.93. The minimum atomic E-state index is -4.72. The molecular formula is C26H18F4N6O3. The van der Waals surface area contributed by atoms with Gasteiger partial charge < -0.3 is 9.30 Å². The summed E-state index contributed by atoms with van der Waals surface area (Å²) in [6, 6.07) is 10.7. The Morgan fingerprint density at radius 2 is 1.82 bits per heavy atom. The molecule has 0 unspecified atom stereocenters. The number of carbonyl (C=O) groups excluding carboxylic acids is 1. The van der Waals surface area contributed by atoms with E-state index in [1.807, 2.05) is 0 Å². The van der Waals surface area contributed by atoms with Crippen molar-refractivity contribution in [1.29, 1.82) is 0 Å². The van der Waals surface area contributed by atoms with Crippen LogP contribution in [0.4, 0.5) is 17.6 Å². The molecule has 0 bridgehead atoms. The number of halogens is 4. The molecule has 0 saturated heterocycles. The number of nitrogens with zero attached hydrogens (tertiary/aromatic N) is 6. The van der Waals surface area contributed by atoms with E-state index in [1.54, 1.807) is 37.4 Å². The monoisotopic (exact) mass is 538 g/mol. The fourth-order valence-electron chi connectivity index (χ4n) is 3.93. The van der Waals surface area contributed by atoms with Crippen LogP contribution < -0.4 is 10.3 Å². The summed E-state index contributed by atoms with van der Waals surface area (Å²) >= 11 is 0. The average Bonchev–Trinajstić information content (AvgIpc) is 3.30. The molecule has 9 nitrogen and oxygen atoms in total. The lowest BCUT2D eigenvalue weighted by molar-refractivity contribution is -0.141. The zero-order valence-electron chi connectivity index (χ0n) is 20.4. The topological polar surface area (TPSA) is 104 Å². The predicted molar refractivity (Wildman–Crippen MR) is 131 cm³/mol. The first-order valence-electron chi connectivity index (χ1n) is 11.4. The van der Waals surface area contributed by atoms with Gasteiger partial charge in [0.15, 0.2) is 11.6 Å². The number of fused-ring (bicyclic) bond motifs is 1. The highest BCUT2D eigenvalue weighted by Crippen LogP contribution is 2.31. The first-order valence-corrected chi connectivity index (χ1v) is 11.4. The molecule has 5 heterocycles. The van der Waals surface area contributed by atoms with Gasteiger partial charge in [0.2, 0.25) is 5.88 Å². The molecule has 5 rings (SSSR count). The van der Waals surface area contributed by atoms with E-state index in [4.69, 9.17) is 4.74 Å². The summed E-state index contributed by atoms with van der Waals surface area (Å²) in [6.07, 6.45) is -0.794. The lowest BCUT2D eigenvalue weighted by Crippen LogP contribution is -2.30. The normalized spacial score (nSPS) is 11.6. The number of hydrogen-bond acceptors (Lipinski definition) is 7.